The molecule has 5 aliphatic heterocycles. The molecule has 13 rings (SSSR count). The van der Waals surface area contributed by atoms with Crippen LogP contribution in [-0.4, -0.2) is 106 Å². The molecule has 5 heterocycles. The van der Waals surface area contributed by atoms with Crippen LogP contribution in [0.1, 0.15) is 445 Å². The van der Waals surface area contributed by atoms with Gasteiger partial charge < -0.3 is 63.2 Å². The van der Waals surface area contributed by atoms with Gasteiger partial charge in [-0.3, -0.25) is 9.69 Å². The third-order valence-electron chi connectivity index (χ3n) is 32.9. The van der Waals surface area contributed by atoms with Crippen molar-refractivity contribution in [2.75, 3.05) is 41.6 Å². The van der Waals surface area contributed by atoms with Crippen molar-refractivity contribution in [3.8, 4) is 69.0 Å². The quantitative estimate of drug-likeness (QED) is 0.0210. The maximum Gasteiger partial charge on any atom is 0.252 e. The number of methoxy groups -OCH3 is 3. The molecule has 0 bridgehead atoms. The zero-order valence-corrected chi connectivity index (χ0v) is 99.8. The van der Waals surface area contributed by atoms with E-state index in [9.17, 15) is 25.2 Å². The predicted octanol–water partition coefficient (Wildman–Crippen LogP) is 35.3. The summed E-state index contributed by atoms with van der Waals surface area (Å²) in [5, 5.41) is 40.7. The van der Waals surface area contributed by atoms with Crippen LogP contribution < -0.4 is 37.9 Å². The molecule has 149 heavy (non-hydrogen) atoms. The van der Waals surface area contributed by atoms with Crippen molar-refractivity contribution in [1.29, 1.82) is 0 Å². The maximum absolute atomic E-state index is 12.6. The number of hydrogen-bond acceptors (Lipinski definition) is 14. The molecule has 0 saturated carbocycles. The van der Waals surface area contributed by atoms with Gasteiger partial charge in [0, 0.05) is 74.5 Å². The Kier molecular flexibility index (Phi) is 47.2. The number of aryl methyl sites for hydroxylation is 12. The second-order valence-corrected chi connectivity index (χ2v) is 49.4. The monoisotopic (exact) mass is 2050 g/mol. The van der Waals surface area contributed by atoms with E-state index in [0.717, 1.165) is 141 Å². The molecule has 0 radical (unpaired) electrons. The van der Waals surface area contributed by atoms with Crippen LogP contribution in [-0.2, 0) is 65.2 Å². The standard InChI is InChI=1S/C30H49NO.C28H49N.C23H28O4.C22H38O2.C21H26O4.C10H14O2/c1-9-12-17-26-19-24(20-27(23(26)4)18-13-10-2)15-14-16-25-21-29(5,6)31(28(32)11-3)30(7,8)22-25;1-9-11-16-25-18-23(19-26(22(25)3)17-12-10-2)14-13-15-24-20-27(4,5)29(8)28(6,7)21-24;1-13-7-19-15(9-17(13)24)21(3,4)11-23(26-19)12-22(5,6)16-10-18(25)14(2)8-20(16)27-23;1-3-5-7-9-11-13-19-23-21-15-17-22(18-16-21)24-20-14-12-10-8-6-4-2;1-12-7-18(24-6)15(10-17(12)23)21(5)11-20(3,4)14-9-16(22)13(2)8-19(14)25-21;1-7-5-10(12-4)8(2)6-9(7)11-3/h11,19-20,25H,3,9-10,12-18,21-22H2,1-2,4-8H3;18-19,24H,9-17,20-21H2,1-8H3;7-10,24-25H,11-12H2,1-6H3;15-18H,3-14,19-20H2,1-2H3;7-10,22-23H,11H2,1-6H3;5-6H,1-4H3. The summed E-state index contributed by atoms with van der Waals surface area (Å²) >= 11 is 0. The SMILES string of the molecule is C=CC(=O)N1C(C)(C)CC(CCCc2cc(CCCC)c(C)c(CCCC)c2)CC1(C)C.CCCCCCCCOc1ccc(OCCCCCCCC)cc1.CCCCc1cc(CCCC2CC(C)(C)N(C)C(C)(C)C2)cc(CCCC)c1C.COc1cc(C)c(O)cc1C1(C)CC(C)(C)c2cc(O)c(C)cc2O1.COc1cc(C)c(OC)cc1C.Cc1cc2c(cc1O)C(C)(C)CC1(CC(C)(C)c3cc(O)c(C)cc3O1)O2. The number of phenols is 4. The molecule has 15 heteroatoms. The minimum Gasteiger partial charge on any atom is -0.508 e. The number of carbonyl (C=O) groups is 1. The minimum absolute atomic E-state index is 0.0670. The molecular formula is C134H204N2O13. The van der Waals surface area contributed by atoms with Gasteiger partial charge in [-0.15, -0.1) is 0 Å². The van der Waals surface area contributed by atoms with E-state index in [0.29, 0.717) is 53.5 Å². The number of ether oxygens (including phenoxy) is 8. The number of aromatic hydroxyl groups is 4. The third kappa shape index (κ3) is 35.0. The van der Waals surface area contributed by atoms with Gasteiger partial charge in [0.2, 0.25) is 5.91 Å². The summed E-state index contributed by atoms with van der Waals surface area (Å²) in [6.07, 6.45) is 46.8. The fraction of sp³-hybridized carbons (Fsp3) is 0.619. The molecule has 4 N–H and O–H groups in total. The van der Waals surface area contributed by atoms with Gasteiger partial charge in [0.15, 0.2) is 0 Å². The van der Waals surface area contributed by atoms with Crippen LogP contribution in [0.5, 0.6) is 69.0 Å². The number of phenolic OH excluding ortho intramolecular Hbond substituents is 4. The van der Waals surface area contributed by atoms with Crippen molar-refractivity contribution < 1.29 is 63.1 Å². The lowest BCUT2D eigenvalue weighted by Gasteiger charge is -2.55. The number of carbonyl (C=O) groups excluding carboxylic acids is 1. The number of rotatable bonds is 41. The molecule has 0 aromatic heterocycles. The van der Waals surface area contributed by atoms with Gasteiger partial charge in [-0.05, 0) is 439 Å². The van der Waals surface area contributed by atoms with Crippen molar-refractivity contribution in [3.63, 3.8) is 0 Å². The molecule has 1 spiro atoms. The molecule has 2 saturated heterocycles. The Balaban J connectivity index is 0.000000221. The van der Waals surface area contributed by atoms with Crippen molar-refractivity contribution in [2.45, 2.75) is 488 Å². The first-order chi connectivity index (χ1) is 70.2. The lowest BCUT2D eigenvalue weighted by atomic mass is 9.69. The molecule has 828 valence electrons. The zero-order chi connectivity index (χ0) is 110. The molecular weight excluding hydrogens is 1850 g/mol. The van der Waals surface area contributed by atoms with Crippen LogP contribution in [0, 0.1) is 67.2 Å². The van der Waals surface area contributed by atoms with Crippen LogP contribution in [0.4, 0.5) is 0 Å². The molecule has 1 unspecified atom stereocenters. The Morgan fingerprint density at radius 1 is 0.356 bits per heavy atom. The first kappa shape index (κ1) is 125. The maximum atomic E-state index is 12.6. The molecule has 8 aromatic rings. The molecule has 1 amide bonds. The van der Waals surface area contributed by atoms with E-state index < -0.39 is 11.4 Å². The average Bonchev–Trinajstić information content (AvgIpc) is 0.718. The molecule has 0 aliphatic carbocycles. The van der Waals surface area contributed by atoms with E-state index in [2.05, 4.69) is 200 Å². The van der Waals surface area contributed by atoms with E-state index in [1.807, 2.05) is 121 Å². The average molecular weight is 2050 g/mol. The largest absolute Gasteiger partial charge is 0.508 e. The summed E-state index contributed by atoms with van der Waals surface area (Å²) in [6, 6.07) is 36.8. The first-order valence-electron chi connectivity index (χ1n) is 57.7. The summed E-state index contributed by atoms with van der Waals surface area (Å²) < 4.78 is 46.9. The summed E-state index contributed by atoms with van der Waals surface area (Å²) in [4.78, 5) is 17.2. The van der Waals surface area contributed by atoms with Gasteiger partial charge in [0.05, 0.1) is 34.5 Å². The number of nitrogens with zero attached hydrogens (tertiary/aromatic N) is 2. The third-order valence-corrected chi connectivity index (χ3v) is 32.9. The molecule has 15 nitrogen and oxygen atoms in total. The number of benzene rings is 8. The second kappa shape index (κ2) is 56.4. The summed E-state index contributed by atoms with van der Waals surface area (Å²) in [6.45, 7) is 68.8. The highest BCUT2D eigenvalue weighted by atomic mass is 16.7. The number of piperidine rings is 2. The van der Waals surface area contributed by atoms with E-state index >= 15 is 0 Å². The highest BCUT2D eigenvalue weighted by Crippen LogP contribution is 2.57. The smallest absolute Gasteiger partial charge is 0.252 e. The van der Waals surface area contributed by atoms with E-state index in [1.165, 1.54) is 204 Å². The number of hydrogen-bond donors (Lipinski definition) is 4. The van der Waals surface area contributed by atoms with Gasteiger partial charge in [0.25, 0.3) is 5.79 Å². The first-order valence-corrected chi connectivity index (χ1v) is 57.7. The Morgan fingerprint density at radius 2 is 0.651 bits per heavy atom. The number of unbranched alkanes of at least 4 members (excludes halogenated alkanes) is 14. The number of likely N-dealkylation sites (tertiary alicyclic amines) is 2. The predicted molar refractivity (Wildman–Crippen MR) is 625 cm³/mol. The topological polar surface area (TPSA) is 178 Å². The fourth-order valence-electron chi connectivity index (χ4n) is 24.6. The van der Waals surface area contributed by atoms with Crippen LogP contribution in [0.3, 0.4) is 0 Å². The Bertz CT molecular complexity index is 5310. The lowest BCUT2D eigenvalue weighted by molar-refractivity contribution is -0.166. The number of fused-ring (bicyclic) bond motifs is 3. The van der Waals surface area contributed by atoms with Crippen LogP contribution in [0.25, 0.3) is 0 Å². The molecule has 1 atom stereocenters. The molecule has 8 aromatic carbocycles. The highest BCUT2D eigenvalue weighted by molar-refractivity contribution is 5.88. The second-order valence-electron chi connectivity index (χ2n) is 49.4. The van der Waals surface area contributed by atoms with Gasteiger partial charge in [0.1, 0.15) is 74.6 Å². The van der Waals surface area contributed by atoms with E-state index in [-0.39, 0.29) is 44.7 Å². The minimum atomic E-state index is -0.778. The normalized spacial score (nSPS) is 17.6. The highest BCUT2D eigenvalue weighted by Gasteiger charge is 2.55. The van der Waals surface area contributed by atoms with Gasteiger partial charge in [-0.1, -0.05) is 204 Å². The van der Waals surface area contributed by atoms with Crippen LogP contribution in [0.15, 0.2) is 122 Å². The van der Waals surface area contributed by atoms with Crippen molar-refractivity contribution in [1.82, 2.24) is 9.80 Å². The van der Waals surface area contributed by atoms with Crippen LogP contribution in [0.2, 0.25) is 0 Å². The van der Waals surface area contributed by atoms with Gasteiger partial charge in [-0.2, -0.15) is 0 Å². The summed E-state index contributed by atoms with van der Waals surface area (Å²) in [5.74, 6) is 8.65. The zero-order valence-electron chi connectivity index (χ0n) is 99.8. The Labute approximate surface area is 905 Å². The van der Waals surface area contributed by atoms with E-state index in [1.54, 1.807) is 72.4 Å². The van der Waals surface area contributed by atoms with Gasteiger partial charge in [-0.25, -0.2) is 0 Å². The van der Waals surface area contributed by atoms with Crippen molar-refractivity contribution in [3.05, 3.63) is 222 Å². The Hall–Kier alpha value is -9.47. The van der Waals surface area contributed by atoms with Crippen molar-refractivity contribution >= 4 is 5.91 Å². The summed E-state index contributed by atoms with van der Waals surface area (Å²) in [5.41, 5.74) is 20.9. The van der Waals surface area contributed by atoms with Crippen molar-refractivity contribution in [2.24, 2.45) is 11.8 Å². The summed E-state index contributed by atoms with van der Waals surface area (Å²) in [7, 11) is 7.30. The fourth-order valence-corrected chi connectivity index (χ4v) is 24.6. The molecule has 5 aliphatic rings. The number of amides is 1. The van der Waals surface area contributed by atoms with Crippen LogP contribution >= 0.6 is 0 Å². The lowest BCUT2D eigenvalue weighted by Crippen LogP contribution is -2.62. The van der Waals surface area contributed by atoms with E-state index in [4.69, 9.17) is 37.9 Å². The molecule has 2 fully saturated rings. The van der Waals surface area contributed by atoms with Gasteiger partial charge >= 0.3 is 0 Å². The Morgan fingerprint density at radius 3 is 0.980 bits per heavy atom.